The zero-order chi connectivity index (χ0) is 37.3. The fraction of sp³-hybridized carbons (Fsp3) is 0.0377. The van der Waals surface area contributed by atoms with Gasteiger partial charge in [0.25, 0.3) is 0 Å². The van der Waals surface area contributed by atoms with Crippen molar-refractivity contribution in [3.05, 3.63) is 229 Å². The third kappa shape index (κ3) is 6.29. The van der Waals surface area contributed by atoms with Crippen LogP contribution in [-0.2, 0) is 0 Å². The normalized spacial score (nSPS) is 14.3. The van der Waals surface area contributed by atoms with E-state index < -0.39 is 0 Å². The van der Waals surface area contributed by atoms with Gasteiger partial charge in [-0.15, -0.1) is 0 Å². The summed E-state index contributed by atoms with van der Waals surface area (Å²) < 4.78 is 6.50. The summed E-state index contributed by atoms with van der Waals surface area (Å²) in [5.41, 5.74) is 15.8. The van der Waals surface area contributed by atoms with Crippen molar-refractivity contribution in [2.75, 3.05) is 4.90 Å². The summed E-state index contributed by atoms with van der Waals surface area (Å²) in [6.45, 7) is 0. The number of rotatable bonds is 8. The average Bonchev–Trinajstić information content (AvgIpc) is 3.74. The molecule has 1 aromatic heterocycles. The van der Waals surface area contributed by atoms with Gasteiger partial charge in [0, 0.05) is 34.0 Å². The van der Waals surface area contributed by atoms with Crippen LogP contribution < -0.4 is 15.7 Å². The van der Waals surface area contributed by atoms with Crippen LogP contribution in [-0.4, -0.2) is 4.98 Å². The standard InChI is InChI=1S/C53H38N2O/c1-4-14-37(15-5-1)39-28-32-45(33-29-39)55(50-23-13-12-21-47(50)41-16-6-2-7-17-41)46-34-30-40(31-35-46)38-24-26-42(27-25-38)49-36-44-20-10-11-22-48(44)52-51(49)54-53(56-52)43-18-8-3-9-19-43/h1-35,44H,36H2. The van der Waals surface area contributed by atoms with Crippen molar-refractivity contribution in [2.24, 2.45) is 5.92 Å². The highest BCUT2D eigenvalue weighted by molar-refractivity contribution is 5.89. The molecule has 1 unspecified atom stereocenters. The summed E-state index contributed by atoms with van der Waals surface area (Å²) in [4.78, 5) is 7.45. The molecule has 0 saturated heterocycles. The number of hydrogen-bond acceptors (Lipinski definition) is 3. The smallest absolute Gasteiger partial charge is 0.227 e. The van der Waals surface area contributed by atoms with E-state index in [1.165, 1.54) is 44.5 Å². The Bertz CT molecular complexity index is 2830. The summed E-state index contributed by atoms with van der Waals surface area (Å²) in [6.07, 6.45) is 9.56. The maximum absolute atomic E-state index is 6.50. The SMILES string of the molecule is C1=CC2=c3oc(-c4ccccc4)nc3=C(c3ccc(-c4ccc(N(c5ccc(-c6ccccc6)cc5)c5ccccc5-c5ccccc5)cc4)cc3)CC2C=C1. The van der Waals surface area contributed by atoms with Gasteiger partial charge in [-0.05, 0) is 87.8 Å². The maximum Gasteiger partial charge on any atom is 0.227 e. The number of nitrogens with zero attached hydrogens (tertiary/aromatic N) is 2. The van der Waals surface area contributed by atoms with E-state index in [1.807, 2.05) is 18.2 Å². The van der Waals surface area contributed by atoms with Gasteiger partial charge in [0.1, 0.15) is 5.35 Å². The highest BCUT2D eigenvalue weighted by Gasteiger charge is 2.25. The van der Waals surface area contributed by atoms with Crippen LogP contribution in [0.2, 0.25) is 0 Å². The first kappa shape index (κ1) is 33.3. The molecule has 0 aliphatic heterocycles. The van der Waals surface area contributed by atoms with Gasteiger partial charge >= 0.3 is 0 Å². The molecule has 7 aromatic carbocycles. The first-order valence-corrected chi connectivity index (χ1v) is 19.2. The minimum absolute atomic E-state index is 0.260. The summed E-state index contributed by atoms with van der Waals surface area (Å²) in [7, 11) is 0. The Labute approximate surface area is 327 Å². The van der Waals surface area contributed by atoms with Crippen molar-refractivity contribution < 1.29 is 4.42 Å². The molecule has 1 atom stereocenters. The van der Waals surface area contributed by atoms with Crippen LogP contribution in [0, 0.1) is 5.92 Å². The molecule has 0 saturated carbocycles. The number of para-hydroxylation sites is 1. The lowest BCUT2D eigenvalue weighted by molar-refractivity contribution is 0.531. The van der Waals surface area contributed by atoms with Gasteiger partial charge in [-0.3, -0.25) is 0 Å². The molecular weight excluding hydrogens is 681 g/mol. The van der Waals surface area contributed by atoms with E-state index >= 15 is 0 Å². The molecule has 2 aliphatic carbocycles. The number of hydrogen-bond donors (Lipinski definition) is 0. The van der Waals surface area contributed by atoms with E-state index in [9.17, 15) is 0 Å². The monoisotopic (exact) mass is 718 g/mol. The topological polar surface area (TPSA) is 29.3 Å². The Morgan fingerprint density at radius 2 is 0.964 bits per heavy atom. The molecule has 3 nitrogen and oxygen atoms in total. The van der Waals surface area contributed by atoms with Crippen LogP contribution in [0.25, 0.3) is 56.0 Å². The summed E-state index contributed by atoms with van der Waals surface area (Å²) in [5, 5.41) is 0.944. The molecular formula is C53H38N2O. The quantitative estimate of drug-likeness (QED) is 0.157. The van der Waals surface area contributed by atoms with Gasteiger partial charge in [0.15, 0.2) is 5.42 Å². The largest absolute Gasteiger partial charge is 0.436 e. The number of oxazole rings is 1. The van der Waals surface area contributed by atoms with Gasteiger partial charge in [-0.1, -0.05) is 170 Å². The number of fused-ring (bicyclic) bond motifs is 2. The first-order chi connectivity index (χ1) is 27.8. The molecule has 0 N–H and O–H groups in total. The van der Waals surface area contributed by atoms with Gasteiger partial charge < -0.3 is 9.32 Å². The maximum atomic E-state index is 6.50. The third-order valence-electron chi connectivity index (χ3n) is 10.9. The second kappa shape index (κ2) is 14.5. The fourth-order valence-corrected chi connectivity index (χ4v) is 8.06. The van der Waals surface area contributed by atoms with E-state index in [4.69, 9.17) is 9.40 Å². The second-order valence-electron chi connectivity index (χ2n) is 14.3. The zero-order valence-electron chi connectivity index (χ0n) is 30.8. The fourth-order valence-electron chi connectivity index (χ4n) is 8.06. The van der Waals surface area contributed by atoms with E-state index in [1.54, 1.807) is 0 Å². The molecule has 0 amide bonds. The Hall–Kier alpha value is -7.23. The molecule has 1 heterocycles. The molecule has 3 heteroatoms. The summed E-state index contributed by atoms with van der Waals surface area (Å²) in [6, 6.07) is 66.8. The van der Waals surface area contributed by atoms with Crippen LogP contribution in [0.4, 0.5) is 17.1 Å². The Balaban J connectivity index is 1.01. The van der Waals surface area contributed by atoms with Gasteiger partial charge in [0.05, 0.1) is 5.69 Å². The molecule has 0 fully saturated rings. The number of allylic oxidation sites excluding steroid dienone is 4. The molecule has 0 spiro atoms. The molecule has 0 radical (unpaired) electrons. The van der Waals surface area contributed by atoms with Crippen LogP contribution in [0.3, 0.4) is 0 Å². The first-order valence-electron chi connectivity index (χ1n) is 19.2. The minimum atomic E-state index is 0.260. The third-order valence-corrected chi connectivity index (χ3v) is 10.9. The highest BCUT2D eigenvalue weighted by atomic mass is 16.3. The van der Waals surface area contributed by atoms with Crippen LogP contribution >= 0.6 is 0 Å². The molecule has 56 heavy (non-hydrogen) atoms. The van der Waals surface area contributed by atoms with Crippen LogP contribution in [0.15, 0.2) is 217 Å². The number of aromatic nitrogens is 1. The Kier molecular flexibility index (Phi) is 8.66. The van der Waals surface area contributed by atoms with Gasteiger partial charge in [-0.25, -0.2) is 4.98 Å². The van der Waals surface area contributed by atoms with Crippen molar-refractivity contribution in [3.63, 3.8) is 0 Å². The molecule has 8 aromatic rings. The van der Waals surface area contributed by atoms with Gasteiger partial charge in [0.2, 0.25) is 5.89 Å². The average molecular weight is 719 g/mol. The lowest BCUT2D eigenvalue weighted by Gasteiger charge is -2.28. The predicted octanol–water partition coefficient (Wildman–Crippen LogP) is 12.3. The lowest BCUT2D eigenvalue weighted by atomic mass is 9.82. The zero-order valence-corrected chi connectivity index (χ0v) is 30.8. The predicted molar refractivity (Wildman–Crippen MR) is 231 cm³/mol. The van der Waals surface area contributed by atoms with E-state index in [-0.39, 0.29) is 5.92 Å². The second-order valence-corrected chi connectivity index (χ2v) is 14.3. The van der Waals surface area contributed by atoms with E-state index in [2.05, 4.69) is 199 Å². The van der Waals surface area contributed by atoms with Crippen molar-refractivity contribution >= 4 is 28.2 Å². The van der Waals surface area contributed by atoms with Crippen molar-refractivity contribution in [3.8, 4) is 44.8 Å². The van der Waals surface area contributed by atoms with Crippen molar-refractivity contribution in [1.82, 2.24) is 4.98 Å². The minimum Gasteiger partial charge on any atom is -0.436 e. The molecule has 0 bridgehead atoms. The molecule has 10 rings (SSSR count). The van der Waals surface area contributed by atoms with Crippen LogP contribution in [0.5, 0.6) is 0 Å². The molecule has 2 aliphatic rings. The van der Waals surface area contributed by atoms with Crippen molar-refractivity contribution in [1.29, 1.82) is 0 Å². The van der Waals surface area contributed by atoms with Crippen LogP contribution in [0.1, 0.15) is 12.0 Å². The van der Waals surface area contributed by atoms with E-state index in [0.29, 0.717) is 5.89 Å². The Morgan fingerprint density at radius 3 is 1.59 bits per heavy atom. The lowest BCUT2D eigenvalue weighted by Crippen LogP contribution is -2.34. The van der Waals surface area contributed by atoms with E-state index in [0.717, 1.165) is 45.4 Å². The molecule has 266 valence electrons. The summed E-state index contributed by atoms with van der Waals surface area (Å²) >= 11 is 0. The number of anilines is 3. The highest BCUT2D eigenvalue weighted by Crippen LogP contribution is 2.42. The summed E-state index contributed by atoms with van der Waals surface area (Å²) in [5.74, 6) is 0.921. The van der Waals surface area contributed by atoms with Crippen molar-refractivity contribution in [2.45, 2.75) is 6.42 Å². The Morgan fingerprint density at radius 1 is 0.464 bits per heavy atom. The van der Waals surface area contributed by atoms with Gasteiger partial charge in [-0.2, -0.15) is 0 Å². The number of benzene rings is 7.